The van der Waals surface area contributed by atoms with Crippen LogP contribution in [0.25, 0.3) is 5.52 Å². The fourth-order valence-corrected chi connectivity index (χ4v) is 2.90. The number of halogens is 1. The molecule has 4 nitrogen and oxygen atoms in total. The van der Waals surface area contributed by atoms with Gasteiger partial charge in [0.1, 0.15) is 5.75 Å². The van der Waals surface area contributed by atoms with Gasteiger partial charge >= 0.3 is 0 Å². The molecule has 0 aliphatic carbocycles. The Kier molecular flexibility index (Phi) is 3.94. The Morgan fingerprint density at radius 3 is 3.00 bits per heavy atom. The van der Waals surface area contributed by atoms with E-state index in [9.17, 15) is 0 Å². The first-order valence-electron chi connectivity index (χ1n) is 6.69. The number of hydrogen-bond donors (Lipinski definition) is 1. The number of fused-ring (bicyclic) bond motifs is 1. The molecule has 3 rings (SSSR count). The summed E-state index contributed by atoms with van der Waals surface area (Å²) in [5.74, 6) is 0.852. The van der Waals surface area contributed by atoms with Gasteiger partial charge in [-0.1, -0.05) is 22.0 Å². The number of aromatic nitrogens is 2. The van der Waals surface area contributed by atoms with Gasteiger partial charge in [-0.25, -0.2) is 4.52 Å². The van der Waals surface area contributed by atoms with Crippen molar-refractivity contribution >= 4 is 21.4 Å². The van der Waals surface area contributed by atoms with Crippen LogP contribution in [0.15, 0.2) is 53.3 Å². The molecule has 0 saturated heterocycles. The fourth-order valence-electron chi connectivity index (χ4n) is 2.49. The molecular weight excluding hydrogens is 330 g/mol. The molecular formula is C16H16BrN3O. The fraction of sp³-hybridized carbons (Fsp3) is 0.188. The quantitative estimate of drug-likeness (QED) is 0.788. The zero-order chi connectivity index (χ0) is 14.8. The third kappa shape index (κ3) is 2.80. The van der Waals surface area contributed by atoms with Crippen molar-refractivity contribution in [1.29, 1.82) is 0 Å². The lowest BCUT2D eigenvalue weighted by molar-refractivity contribution is 0.408. The first kappa shape index (κ1) is 14.1. The molecule has 0 bridgehead atoms. The van der Waals surface area contributed by atoms with Gasteiger partial charge in [0, 0.05) is 22.3 Å². The zero-order valence-electron chi connectivity index (χ0n) is 11.7. The van der Waals surface area contributed by atoms with Crippen molar-refractivity contribution in [3.8, 4) is 5.75 Å². The van der Waals surface area contributed by atoms with Crippen molar-refractivity contribution in [2.45, 2.75) is 12.5 Å². The Hall–Kier alpha value is -1.85. The summed E-state index contributed by atoms with van der Waals surface area (Å²) in [7, 11) is 1.67. The number of hydrogen-bond acceptors (Lipinski definition) is 3. The summed E-state index contributed by atoms with van der Waals surface area (Å²) in [5, 5.41) is 4.34. The Bertz CT molecular complexity index is 769. The summed E-state index contributed by atoms with van der Waals surface area (Å²) in [4.78, 5) is 0. The molecule has 108 valence electrons. The minimum absolute atomic E-state index is 0.131. The van der Waals surface area contributed by atoms with Gasteiger partial charge in [-0.15, -0.1) is 0 Å². The van der Waals surface area contributed by atoms with Crippen LogP contribution in [0.4, 0.5) is 0 Å². The van der Waals surface area contributed by atoms with Gasteiger partial charge in [0.05, 0.1) is 18.8 Å². The van der Waals surface area contributed by atoms with Gasteiger partial charge < -0.3 is 10.5 Å². The monoisotopic (exact) mass is 345 g/mol. The molecule has 0 amide bonds. The zero-order valence-corrected chi connectivity index (χ0v) is 13.2. The van der Waals surface area contributed by atoms with E-state index in [0.29, 0.717) is 6.42 Å². The Labute approximate surface area is 131 Å². The maximum Gasteiger partial charge on any atom is 0.122 e. The van der Waals surface area contributed by atoms with Crippen molar-refractivity contribution in [2.24, 2.45) is 5.73 Å². The maximum atomic E-state index is 6.39. The van der Waals surface area contributed by atoms with Gasteiger partial charge in [-0.2, -0.15) is 5.10 Å². The van der Waals surface area contributed by atoms with E-state index < -0.39 is 0 Å². The van der Waals surface area contributed by atoms with Gasteiger partial charge in [0.2, 0.25) is 0 Å². The summed E-state index contributed by atoms with van der Waals surface area (Å²) in [6.45, 7) is 0. The van der Waals surface area contributed by atoms with Gasteiger partial charge in [-0.05, 0) is 42.3 Å². The first-order valence-corrected chi connectivity index (χ1v) is 7.48. The average molecular weight is 346 g/mol. The number of nitrogens with two attached hydrogens (primary N) is 1. The smallest absolute Gasteiger partial charge is 0.122 e. The molecule has 0 aliphatic heterocycles. The van der Waals surface area contributed by atoms with Crippen molar-refractivity contribution in [2.75, 3.05) is 7.11 Å². The van der Waals surface area contributed by atoms with Crippen molar-refractivity contribution in [3.63, 3.8) is 0 Å². The molecule has 5 heteroatoms. The lowest BCUT2D eigenvalue weighted by Crippen LogP contribution is -2.13. The molecule has 0 fully saturated rings. The summed E-state index contributed by atoms with van der Waals surface area (Å²) in [6.07, 6.45) is 4.45. The molecule has 3 aromatic rings. The third-order valence-electron chi connectivity index (χ3n) is 3.54. The molecule has 1 atom stereocenters. The highest BCUT2D eigenvalue weighted by Gasteiger charge is 2.15. The van der Waals surface area contributed by atoms with Crippen LogP contribution in [0.1, 0.15) is 17.2 Å². The topological polar surface area (TPSA) is 52.5 Å². The highest BCUT2D eigenvalue weighted by molar-refractivity contribution is 9.10. The van der Waals surface area contributed by atoms with Gasteiger partial charge in [0.25, 0.3) is 0 Å². The standard InChI is InChI=1S/C16H16BrN3O/c1-21-16-6-5-12(17)8-11(16)9-14(18)13-10-19-20-7-3-2-4-15(13)20/h2-8,10,14H,9,18H2,1H3. The van der Waals surface area contributed by atoms with E-state index in [4.69, 9.17) is 10.5 Å². The largest absolute Gasteiger partial charge is 0.496 e. The van der Waals surface area contributed by atoms with Gasteiger partial charge in [0.15, 0.2) is 0 Å². The van der Waals surface area contributed by atoms with Crippen LogP contribution in [-0.2, 0) is 6.42 Å². The minimum Gasteiger partial charge on any atom is -0.496 e. The lowest BCUT2D eigenvalue weighted by Gasteiger charge is -2.14. The van der Waals surface area contributed by atoms with Gasteiger partial charge in [-0.3, -0.25) is 0 Å². The maximum absolute atomic E-state index is 6.39. The number of benzene rings is 1. The normalized spacial score (nSPS) is 12.5. The Morgan fingerprint density at radius 1 is 1.33 bits per heavy atom. The molecule has 0 aliphatic rings. The minimum atomic E-state index is -0.131. The summed E-state index contributed by atoms with van der Waals surface area (Å²) in [6, 6.07) is 11.8. The van der Waals surface area contributed by atoms with Crippen LogP contribution in [0.2, 0.25) is 0 Å². The van der Waals surface area contributed by atoms with Crippen molar-refractivity contribution in [3.05, 3.63) is 64.4 Å². The molecule has 21 heavy (non-hydrogen) atoms. The number of methoxy groups -OCH3 is 1. The van der Waals surface area contributed by atoms with Crippen LogP contribution in [-0.4, -0.2) is 16.7 Å². The predicted molar refractivity (Wildman–Crippen MR) is 86.5 cm³/mol. The van der Waals surface area contributed by atoms with E-state index in [0.717, 1.165) is 26.9 Å². The van der Waals surface area contributed by atoms with E-state index in [-0.39, 0.29) is 6.04 Å². The van der Waals surface area contributed by atoms with Crippen molar-refractivity contribution < 1.29 is 4.74 Å². The molecule has 2 aromatic heterocycles. The average Bonchev–Trinajstić information content (AvgIpc) is 2.91. The predicted octanol–water partition coefficient (Wildman–Crippen LogP) is 3.35. The van der Waals surface area contributed by atoms with Crippen LogP contribution >= 0.6 is 15.9 Å². The molecule has 2 N–H and O–H groups in total. The van der Waals surface area contributed by atoms with E-state index in [1.807, 2.05) is 53.3 Å². The highest BCUT2D eigenvalue weighted by Crippen LogP contribution is 2.28. The lowest BCUT2D eigenvalue weighted by atomic mass is 10.00. The third-order valence-corrected chi connectivity index (χ3v) is 4.03. The molecule has 0 spiro atoms. The second-order valence-electron chi connectivity index (χ2n) is 4.90. The number of nitrogens with zero attached hydrogens (tertiary/aromatic N) is 2. The molecule has 2 heterocycles. The number of pyridine rings is 1. The SMILES string of the molecule is COc1ccc(Br)cc1CC(N)c1cnn2ccccc12. The van der Waals surface area contributed by atoms with Crippen LogP contribution < -0.4 is 10.5 Å². The summed E-state index contributed by atoms with van der Waals surface area (Å²) in [5.41, 5.74) is 9.55. The second kappa shape index (κ2) is 5.87. The second-order valence-corrected chi connectivity index (χ2v) is 5.81. The molecule has 1 aromatic carbocycles. The van der Waals surface area contributed by atoms with Crippen LogP contribution in [0.3, 0.4) is 0 Å². The Morgan fingerprint density at radius 2 is 2.19 bits per heavy atom. The summed E-state index contributed by atoms with van der Waals surface area (Å²) >= 11 is 3.49. The van der Waals surface area contributed by atoms with Crippen molar-refractivity contribution in [1.82, 2.24) is 9.61 Å². The number of ether oxygens (including phenoxy) is 1. The van der Waals surface area contributed by atoms with Crippen LogP contribution in [0, 0.1) is 0 Å². The first-order chi connectivity index (χ1) is 10.2. The molecule has 1 unspecified atom stereocenters. The number of rotatable bonds is 4. The molecule has 0 saturated carbocycles. The summed E-state index contributed by atoms with van der Waals surface area (Å²) < 4.78 is 8.27. The van der Waals surface area contributed by atoms with E-state index in [2.05, 4.69) is 21.0 Å². The highest BCUT2D eigenvalue weighted by atomic mass is 79.9. The van der Waals surface area contributed by atoms with E-state index >= 15 is 0 Å². The Balaban J connectivity index is 1.93. The van der Waals surface area contributed by atoms with Crippen LogP contribution in [0.5, 0.6) is 5.75 Å². The molecule has 0 radical (unpaired) electrons. The van der Waals surface area contributed by atoms with E-state index in [1.54, 1.807) is 7.11 Å². The van der Waals surface area contributed by atoms with E-state index in [1.165, 1.54) is 0 Å².